The number of carboxylic acid groups (broad SMARTS) is 1. The number of carboxylic acids is 1. The lowest BCUT2D eigenvalue weighted by Gasteiger charge is -1.98. The number of carbonyl (C=O) groups is 1. The van der Waals surface area contributed by atoms with Gasteiger partial charge in [-0.3, -0.25) is 0 Å². The lowest BCUT2D eigenvalue weighted by Crippen LogP contribution is -1.89. The van der Waals surface area contributed by atoms with Crippen molar-refractivity contribution in [2.45, 2.75) is 19.3 Å². The van der Waals surface area contributed by atoms with E-state index in [1.54, 1.807) is 6.07 Å². The Balaban J connectivity index is 2.31. The van der Waals surface area contributed by atoms with Gasteiger partial charge in [-0.1, -0.05) is 0 Å². The first-order valence-corrected chi connectivity index (χ1v) is 5.71. The molecule has 0 aliphatic heterocycles. The molecule has 76 valence electrons. The van der Waals surface area contributed by atoms with Gasteiger partial charge in [0.1, 0.15) is 9.71 Å². The van der Waals surface area contributed by atoms with E-state index in [0.29, 0.717) is 4.88 Å². The summed E-state index contributed by atoms with van der Waals surface area (Å²) in [5, 5.41) is 9.97. The maximum absolute atomic E-state index is 10.9. The first kappa shape index (κ1) is 8.85. The maximum atomic E-state index is 10.9. The molecule has 0 amide bonds. The zero-order valence-electron chi connectivity index (χ0n) is 7.99. The molecule has 0 spiro atoms. The molecule has 0 saturated carbocycles. The summed E-state index contributed by atoms with van der Waals surface area (Å²) in [5.41, 5.74) is 2.60. The molecule has 0 fully saturated rings. The first-order chi connectivity index (χ1) is 7.25. The number of fused-ring (bicyclic) bond motifs is 3. The van der Waals surface area contributed by atoms with Gasteiger partial charge in [-0.15, -0.1) is 11.3 Å². The fourth-order valence-corrected chi connectivity index (χ4v) is 3.02. The van der Waals surface area contributed by atoms with Gasteiger partial charge in [0.2, 0.25) is 0 Å². The second-order valence-corrected chi connectivity index (χ2v) is 4.78. The largest absolute Gasteiger partial charge is 0.477 e. The number of rotatable bonds is 1. The Hall–Kier alpha value is -1.42. The summed E-state index contributed by atoms with van der Waals surface area (Å²) in [5.74, 6) is -0.857. The van der Waals surface area contributed by atoms with Gasteiger partial charge in [0.25, 0.3) is 0 Å². The average molecular weight is 219 g/mol. The Morgan fingerprint density at radius 2 is 2.33 bits per heavy atom. The number of aromatic carboxylic acids is 1. The predicted molar refractivity (Wildman–Crippen MR) is 58.6 cm³/mol. The molecule has 1 aliphatic rings. The van der Waals surface area contributed by atoms with Crippen molar-refractivity contribution in [3.05, 3.63) is 28.3 Å². The smallest absolute Gasteiger partial charge is 0.345 e. The molecule has 1 N–H and O–H groups in total. The third kappa shape index (κ3) is 1.25. The van der Waals surface area contributed by atoms with Crippen molar-refractivity contribution in [1.82, 2.24) is 4.98 Å². The summed E-state index contributed by atoms with van der Waals surface area (Å²) in [7, 11) is 0. The number of aryl methyl sites for hydroxylation is 2. The van der Waals surface area contributed by atoms with E-state index in [0.717, 1.165) is 29.5 Å². The number of nitrogens with zero attached hydrogens (tertiary/aromatic N) is 1. The molecule has 0 bridgehead atoms. The summed E-state index contributed by atoms with van der Waals surface area (Å²) in [6.07, 6.45) is 5.20. The summed E-state index contributed by atoms with van der Waals surface area (Å²) in [6.45, 7) is 0. The van der Waals surface area contributed by atoms with Crippen molar-refractivity contribution in [3.8, 4) is 0 Å². The zero-order chi connectivity index (χ0) is 10.4. The second kappa shape index (κ2) is 3.03. The van der Waals surface area contributed by atoms with E-state index in [-0.39, 0.29) is 0 Å². The van der Waals surface area contributed by atoms with E-state index in [1.807, 2.05) is 6.20 Å². The Bertz CT molecular complexity index is 559. The Kier molecular flexibility index (Phi) is 1.79. The lowest BCUT2D eigenvalue weighted by atomic mass is 10.1. The van der Waals surface area contributed by atoms with Crippen LogP contribution in [0.15, 0.2) is 12.3 Å². The zero-order valence-corrected chi connectivity index (χ0v) is 8.80. The van der Waals surface area contributed by atoms with Gasteiger partial charge in [0, 0.05) is 11.6 Å². The van der Waals surface area contributed by atoms with Crippen molar-refractivity contribution in [2.75, 3.05) is 0 Å². The molecule has 2 aromatic heterocycles. The Labute approximate surface area is 90.4 Å². The molecular formula is C11H9NO2S. The van der Waals surface area contributed by atoms with E-state index < -0.39 is 5.97 Å². The van der Waals surface area contributed by atoms with Crippen LogP contribution < -0.4 is 0 Å². The number of aromatic nitrogens is 1. The van der Waals surface area contributed by atoms with Crippen LogP contribution in [-0.4, -0.2) is 16.1 Å². The minimum absolute atomic E-state index is 0.387. The van der Waals surface area contributed by atoms with E-state index in [1.165, 1.54) is 22.5 Å². The first-order valence-electron chi connectivity index (χ1n) is 4.89. The highest BCUT2D eigenvalue weighted by Crippen LogP contribution is 2.32. The van der Waals surface area contributed by atoms with Crippen LogP contribution in [0, 0.1) is 0 Å². The normalized spacial score (nSPS) is 14.4. The van der Waals surface area contributed by atoms with Gasteiger partial charge in [-0.25, -0.2) is 9.78 Å². The van der Waals surface area contributed by atoms with Gasteiger partial charge >= 0.3 is 5.97 Å². The van der Waals surface area contributed by atoms with Gasteiger partial charge in [0.15, 0.2) is 0 Å². The molecule has 0 atom stereocenters. The van der Waals surface area contributed by atoms with Gasteiger partial charge < -0.3 is 5.11 Å². The quantitative estimate of drug-likeness (QED) is 0.801. The van der Waals surface area contributed by atoms with Crippen LogP contribution in [0.4, 0.5) is 0 Å². The third-order valence-corrected chi connectivity index (χ3v) is 3.88. The summed E-state index contributed by atoms with van der Waals surface area (Å²) in [4.78, 5) is 16.4. The molecule has 1 aliphatic carbocycles. The molecule has 3 rings (SSSR count). The van der Waals surface area contributed by atoms with E-state index in [4.69, 9.17) is 5.11 Å². The van der Waals surface area contributed by atoms with Crippen LogP contribution in [0.3, 0.4) is 0 Å². The van der Waals surface area contributed by atoms with E-state index in [9.17, 15) is 4.79 Å². The van der Waals surface area contributed by atoms with Gasteiger partial charge in [-0.2, -0.15) is 0 Å². The second-order valence-electron chi connectivity index (χ2n) is 3.75. The Morgan fingerprint density at radius 1 is 1.47 bits per heavy atom. The standard InChI is InChI=1S/C11H9NO2S/c13-11(14)9-4-8-7-3-1-2-6(7)5-12-10(8)15-9/h4-5H,1-3H2,(H,13,14). The van der Waals surface area contributed by atoms with Crippen molar-refractivity contribution < 1.29 is 9.90 Å². The molecule has 4 heteroatoms. The highest BCUT2D eigenvalue weighted by atomic mass is 32.1. The minimum Gasteiger partial charge on any atom is -0.477 e. The summed E-state index contributed by atoms with van der Waals surface area (Å²) >= 11 is 1.26. The van der Waals surface area contributed by atoms with Crippen LogP contribution in [0.1, 0.15) is 27.2 Å². The maximum Gasteiger partial charge on any atom is 0.345 e. The van der Waals surface area contributed by atoms with Gasteiger partial charge in [0.05, 0.1) is 0 Å². The molecule has 15 heavy (non-hydrogen) atoms. The minimum atomic E-state index is -0.857. The van der Waals surface area contributed by atoms with Crippen molar-refractivity contribution in [3.63, 3.8) is 0 Å². The van der Waals surface area contributed by atoms with Crippen LogP contribution in [-0.2, 0) is 12.8 Å². The molecule has 2 aromatic rings. The lowest BCUT2D eigenvalue weighted by molar-refractivity contribution is 0.0702. The summed E-state index contributed by atoms with van der Waals surface area (Å²) < 4.78 is 0. The van der Waals surface area contributed by atoms with Crippen LogP contribution in [0.5, 0.6) is 0 Å². The fraction of sp³-hybridized carbons (Fsp3) is 0.273. The molecule has 0 saturated heterocycles. The topological polar surface area (TPSA) is 50.2 Å². The SMILES string of the molecule is O=C(O)c1cc2c3c(cnc2s1)CCC3. The summed E-state index contributed by atoms with van der Waals surface area (Å²) in [6, 6.07) is 1.76. The number of hydrogen-bond acceptors (Lipinski definition) is 3. The van der Waals surface area contributed by atoms with Crippen molar-refractivity contribution in [2.24, 2.45) is 0 Å². The molecule has 0 aromatic carbocycles. The number of hydrogen-bond donors (Lipinski definition) is 1. The monoisotopic (exact) mass is 219 g/mol. The highest BCUT2D eigenvalue weighted by Gasteiger charge is 2.18. The predicted octanol–water partition coefficient (Wildman–Crippen LogP) is 2.48. The average Bonchev–Trinajstić information content (AvgIpc) is 2.82. The van der Waals surface area contributed by atoms with E-state index >= 15 is 0 Å². The molecule has 0 radical (unpaired) electrons. The molecule has 2 heterocycles. The molecule has 0 unspecified atom stereocenters. The van der Waals surface area contributed by atoms with Crippen molar-refractivity contribution >= 4 is 27.5 Å². The molecular weight excluding hydrogens is 210 g/mol. The third-order valence-electron chi connectivity index (χ3n) is 2.85. The molecule has 3 nitrogen and oxygen atoms in total. The van der Waals surface area contributed by atoms with Crippen LogP contribution in [0.25, 0.3) is 10.2 Å². The van der Waals surface area contributed by atoms with E-state index in [2.05, 4.69) is 4.98 Å². The fourth-order valence-electron chi connectivity index (χ4n) is 2.15. The van der Waals surface area contributed by atoms with Crippen molar-refractivity contribution in [1.29, 1.82) is 0 Å². The highest BCUT2D eigenvalue weighted by molar-refractivity contribution is 7.20. The number of pyridine rings is 1. The van der Waals surface area contributed by atoms with Crippen LogP contribution in [0.2, 0.25) is 0 Å². The van der Waals surface area contributed by atoms with Gasteiger partial charge in [-0.05, 0) is 36.5 Å². The van der Waals surface area contributed by atoms with Crippen LogP contribution >= 0.6 is 11.3 Å². The Morgan fingerprint density at radius 3 is 3.13 bits per heavy atom. The number of thiophene rings is 1.